The summed E-state index contributed by atoms with van der Waals surface area (Å²) in [4.78, 5) is 31.2. The second-order valence-corrected chi connectivity index (χ2v) is 11.5. The van der Waals surface area contributed by atoms with Gasteiger partial charge in [-0.05, 0) is 78.6 Å². The lowest BCUT2D eigenvalue weighted by molar-refractivity contribution is -0.137. The van der Waals surface area contributed by atoms with E-state index in [-0.39, 0.29) is 18.7 Å². The predicted molar refractivity (Wildman–Crippen MR) is 163 cm³/mol. The summed E-state index contributed by atoms with van der Waals surface area (Å²) < 4.78 is 44.9. The minimum atomic E-state index is -4.52. The lowest BCUT2D eigenvalue weighted by atomic mass is 9.96. The fourth-order valence-electron chi connectivity index (χ4n) is 5.34. The van der Waals surface area contributed by atoms with Gasteiger partial charge in [0.15, 0.2) is 0 Å². The third-order valence-corrected chi connectivity index (χ3v) is 8.38. The number of rotatable bonds is 8. The smallest absolute Gasteiger partial charge is 0.379 e. The van der Waals surface area contributed by atoms with Gasteiger partial charge in [0.2, 0.25) is 0 Å². The molecule has 0 spiro atoms. The van der Waals surface area contributed by atoms with Gasteiger partial charge in [-0.3, -0.25) is 14.5 Å². The molecule has 2 aliphatic heterocycles. The van der Waals surface area contributed by atoms with Crippen LogP contribution in [0.15, 0.2) is 71.8 Å². The maximum absolute atomic E-state index is 14.0. The lowest BCUT2D eigenvalue weighted by Gasteiger charge is -2.31. The fourth-order valence-corrected chi connectivity index (χ4v) is 5.47. The van der Waals surface area contributed by atoms with Crippen LogP contribution in [-0.2, 0) is 15.7 Å². The molecule has 2 heterocycles. The topological polar surface area (TPSA) is 65.5 Å². The third kappa shape index (κ3) is 7.49. The number of ether oxygens (including phenoxy) is 1. The lowest BCUT2D eigenvalue weighted by Crippen LogP contribution is -2.46. The highest BCUT2D eigenvalue weighted by Gasteiger charge is 2.35. The molecule has 0 aromatic heterocycles. The van der Waals surface area contributed by atoms with E-state index in [1.54, 1.807) is 12.1 Å². The summed E-state index contributed by atoms with van der Waals surface area (Å²) in [5, 5.41) is 6.75. The molecule has 2 aliphatic rings. The Labute approximate surface area is 259 Å². The summed E-state index contributed by atoms with van der Waals surface area (Å²) in [7, 11) is 0. The number of alkyl halides is 3. The average molecular weight is 627 g/mol. The number of nitrogens with zero attached hydrogens (tertiary/aromatic N) is 4. The zero-order chi connectivity index (χ0) is 31.4. The summed E-state index contributed by atoms with van der Waals surface area (Å²) in [6, 6.07) is 16.9. The molecule has 0 N–H and O–H groups in total. The first kappa shape index (κ1) is 31.7. The molecule has 3 aromatic carbocycles. The van der Waals surface area contributed by atoms with Gasteiger partial charge in [0.1, 0.15) is 6.54 Å². The van der Waals surface area contributed by atoms with Crippen molar-refractivity contribution in [3.63, 3.8) is 0 Å². The van der Waals surface area contributed by atoms with Gasteiger partial charge in [0.25, 0.3) is 11.8 Å². The normalized spacial score (nSPS) is 17.5. The van der Waals surface area contributed by atoms with Gasteiger partial charge >= 0.3 is 6.18 Å². The van der Waals surface area contributed by atoms with Gasteiger partial charge in [-0.2, -0.15) is 18.3 Å². The maximum Gasteiger partial charge on any atom is 0.416 e. The first-order chi connectivity index (χ1) is 21.0. The molecule has 3 aromatic rings. The summed E-state index contributed by atoms with van der Waals surface area (Å²) in [6.45, 7) is 6.96. The Balaban J connectivity index is 1.42. The van der Waals surface area contributed by atoms with Crippen molar-refractivity contribution in [2.24, 2.45) is 5.10 Å². The van der Waals surface area contributed by atoms with Crippen LogP contribution in [0.25, 0.3) is 0 Å². The van der Waals surface area contributed by atoms with Gasteiger partial charge in [0, 0.05) is 43.2 Å². The van der Waals surface area contributed by atoms with E-state index >= 15 is 0 Å². The Kier molecular flexibility index (Phi) is 9.72. The standard InChI is InChI=1S/C33H34ClF3N4O3/c1-22-3-4-26(19-23(22)2)29-20-30(24-7-11-28(34)12-8-24)41(38-29)31(42)21-40(14-13-39-15-17-44-18-16-39)32(43)25-5-9-27(10-6-25)33(35,36)37/h3-12,19,30H,13-18,20-21H2,1-2H3/t30-/m0/s1. The Morgan fingerprint density at radius 1 is 0.977 bits per heavy atom. The van der Waals surface area contributed by atoms with Crippen LogP contribution in [0, 0.1) is 13.8 Å². The van der Waals surface area contributed by atoms with Crippen LogP contribution in [0.2, 0.25) is 5.02 Å². The molecule has 0 unspecified atom stereocenters. The molecule has 11 heteroatoms. The van der Waals surface area contributed by atoms with Gasteiger partial charge in [-0.15, -0.1) is 0 Å². The SMILES string of the molecule is Cc1ccc(C2=NN(C(=O)CN(CCN3CCOCC3)C(=O)c3ccc(C(F)(F)F)cc3)[C@H](c3ccc(Cl)cc3)C2)cc1C. The predicted octanol–water partition coefficient (Wildman–Crippen LogP) is 6.13. The quantitative estimate of drug-likeness (QED) is 0.302. The number of morpholine rings is 1. The summed E-state index contributed by atoms with van der Waals surface area (Å²) in [5.74, 6) is -0.924. The number of amides is 2. The van der Waals surface area contributed by atoms with E-state index in [2.05, 4.69) is 4.90 Å². The number of hydrogen-bond acceptors (Lipinski definition) is 5. The molecule has 1 saturated heterocycles. The van der Waals surface area contributed by atoms with Crippen molar-refractivity contribution in [1.29, 1.82) is 0 Å². The summed E-state index contributed by atoms with van der Waals surface area (Å²) in [6.07, 6.45) is -4.05. The van der Waals surface area contributed by atoms with Crippen LogP contribution < -0.4 is 0 Å². The van der Waals surface area contributed by atoms with Crippen LogP contribution in [0.5, 0.6) is 0 Å². The average Bonchev–Trinajstić information content (AvgIpc) is 3.46. The Morgan fingerprint density at radius 2 is 1.66 bits per heavy atom. The molecule has 2 amide bonds. The van der Waals surface area contributed by atoms with E-state index in [1.807, 2.05) is 44.2 Å². The molecule has 0 saturated carbocycles. The van der Waals surface area contributed by atoms with Gasteiger partial charge in [0.05, 0.1) is 30.5 Å². The largest absolute Gasteiger partial charge is 0.416 e. The van der Waals surface area contributed by atoms with Gasteiger partial charge in [-0.1, -0.05) is 35.9 Å². The number of halogens is 4. The third-order valence-electron chi connectivity index (χ3n) is 8.12. The van der Waals surface area contributed by atoms with E-state index in [0.29, 0.717) is 44.3 Å². The highest BCUT2D eigenvalue weighted by molar-refractivity contribution is 6.30. The van der Waals surface area contributed by atoms with Crippen LogP contribution in [0.4, 0.5) is 13.2 Å². The van der Waals surface area contributed by atoms with E-state index in [1.165, 1.54) is 9.91 Å². The number of hydrogen-bond donors (Lipinski definition) is 0. The molecule has 5 rings (SSSR count). The molecule has 1 fully saturated rings. The van der Waals surface area contributed by atoms with Crippen LogP contribution >= 0.6 is 11.6 Å². The van der Waals surface area contributed by atoms with Crippen molar-refractivity contribution in [2.45, 2.75) is 32.5 Å². The van der Waals surface area contributed by atoms with E-state index < -0.39 is 29.6 Å². The number of aryl methyl sites for hydroxylation is 2. The number of benzene rings is 3. The Bertz CT molecular complexity index is 1520. The molecule has 0 bridgehead atoms. The Hall–Kier alpha value is -3.73. The molecular weight excluding hydrogens is 593 g/mol. The Morgan fingerprint density at radius 3 is 2.30 bits per heavy atom. The first-order valence-corrected chi connectivity index (χ1v) is 14.9. The summed E-state index contributed by atoms with van der Waals surface area (Å²) in [5.41, 5.74) is 3.98. The molecular formula is C33H34ClF3N4O3. The molecule has 7 nitrogen and oxygen atoms in total. The van der Waals surface area contributed by atoms with Crippen molar-refractivity contribution in [2.75, 3.05) is 45.9 Å². The number of hydrazone groups is 1. The van der Waals surface area contributed by atoms with Crippen molar-refractivity contribution >= 4 is 29.1 Å². The van der Waals surface area contributed by atoms with Gasteiger partial charge in [-0.25, -0.2) is 5.01 Å². The van der Waals surface area contributed by atoms with Gasteiger partial charge < -0.3 is 9.64 Å². The second kappa shape index (κ2) is 13.5. The van der Waals surface area contributed by atoms with Crippen LogP contribution in [0.3, 0.4) is 0 Å². The summed E-state index contributed by atoms with van der Waals surface area (Å²) >= 11 is 6.14. The van der Waals surface area contributed by atoms with Crippen molar-refractivity contribution < 1.29 is 27.5 Å². The molecule has 0 aliphatic carbocycles. The highest BCUT2D eigenvalue weighted by atomic mass is 35.5. The maximum atomic E-state index is 14.0. The zero-order valence-electron chi connectivity index (χ0n) is 24.6. The monoisotopic (exact) mass is 626 g/mol. The minimum absolute atomic E-state index is 0.0720. The van der Waals surface area contributed by atoms with Crippen molar-refractivity contribution in [3.05, 3.63) is 105 Å². The molecule has 1 atom stereocenters. The van der Waals surface area contributed by atoms with E-state index in [4.69, 9.17) is 21.4 Å². The number of carbonyl (C=O) groups is 2. The fraction of sp³-hybridized carbons (Fsp3) is 0.364. The van der Waals surface area contributed by atoms with Crippen molar-refractivity contribution in [1.82, 2.24) is 14.8 Å². The second-order valence-electron chi connectivity index (χ2n) is 11.1. The minimum Gasteiger partial charge on any atom is -0.379 e. The zero-order valence-corrected chi connectivity index (χ0v) is 25.4. The highest BCUT2D eigenvalue weighted by Crippen LogP contribution is 2.34. The number of carbonyl (C=O) groups excluding carboxylic acids is 2. The molecule has 232 valence electrons. The van der Waals surface area contributed by atoms with Crippen LogP contribution in [0.1, 0.15) is 50.6 Å². The van der Waals surface area contributed by atoms with Crippen molar-refractivity contribution in [3.8, 4) is 0 Å². The first-order valence-electron chi connectivity index (χ1n) is 14.5. The van der Waals surface area contributed by atoms with E-state index in [0.717, 1.165) is 52.2 Å². The molecule has 0 radical (unpaired) electrons. The van der Waals surface area contributed by atoms with E-state index in [9.17, 15) is 22.8 Å². The van der Waals surface area contributed by atoms with Crippen LogP contribution in [-0.4, -0.2) is 78.3 Å². The molecule has 44 heavy (non-hydrogen) atoms.